The molecule has 0 spiro atoms. The summed E-state index contributed by atoms with van der Waals surface area (Å²) in [5.74, 6) is -0.875. The van der Waals surface area contributed by atoms with Crippen molar-refractivity contribution in [2.24, 2.45) is 0 Å². The Morgan fingerprint density at radius 2 is 2.00 bits per heavy atom. The Balaban J connectivity index is 1.88. The highest BCUT2D eigenvalue weighted by molar-refractivity contribution is 7.10. The number of likely N-dealkylation sites (tertiary alicyclic amines) is 1. The molecule has 3 heterocycles. The van der Waals surface area contributed by atoms with Crippen molar-refractivity contribution >= 4 is 28.8 Å². The topological polar surface area (TPSA) is 70.8 Å². The zero-order valence-corrected chi connectivity index (χ0v) is 16.3. The molecule has 1 fully saturated rings. The highest BCUT2D eigenvalue weighted by atomic mass is 32.1. The Kier molecular flexibility index (Phi) is 4.65. The van der Waals surface area contributed by atoms with Crippen LogP contribution in [0.1, 0.15) is 33.4 Å². The van der Waals surface area contributed by atoms with Crippen molar-refractivity contribution < 1.29 is 19.1 Å². The van der Waals surface area contributed by atoms with Crippen LogP contribution in [-0.4, -0.2) is 21.7 Å². The molecule has 1 atom stereocenters. The Morgan fingerprint density at radius 3 is 2.68 bits per heavy atom. The molecule has 0 radical (unpaired) electrons. The molecule has 28 heavy (non-hydrogen) atoms. The third kappa shape index (κ3) is 3.05. The minimum absolute atomic E-state index is 0.118. The fourth-order valence-corrected chi connectivity index (χ4v) is 4.34. The van der Waals surface area contributed by atoms with E-state index in [-0.39, 0.29) is 17.9 Å². The van der Waals surface area contributed by atoms with Crippen molar-refractivity contribution in [2.45, 2.75) is 26.4 Å². The number of amides is 1. The van der Waals surface area contributed by atoms with Gasteiger partial charge in [-0.25, -0.2) is 0 Å². The molecule has 1 aliphatic rings. The summed E-state index contributed by atoms with van der Waals surface area (Å²) < 4.78 is 5.38. The second-order valence-corrected chi connectivity index (χ2v) is 7.82. The Bertz CT molecular complexity index is 1060. The lowest BCUT2D eigenvalue weighted by Crippen LogP contribution is -2.28. The second-order valence-electron chi connectivity index (χ2n) is 6.84. The molecule has 2 aromatic heterocycles. The summed E-state index contributed by atoms with van der Waals surface area (Å²) in [6.45, 7) is 3.94. The van der Waals surface area contributed by atoms with Crippen LogP contribution in [-0.2, 0) is 16.1 Å². The predicted octanol–water partition coefficient (Wildman–Crippen LogP) is 4.58. The number of carbonyl (C=O) groups is 2. The van der Waals surface area contributed by atoms with Gasteiger partial charge in [0, 0.05) is 10.4 Å². The summed E-state index contributed by atoms with van der Waals surface area (Å²) in [5, 5.41) is 13.0. The van der Waals surface area contributed by atoms with E-state index < -0.39 is 17.7 Å². The summed E-state index contributed by atoms with van der Waals surface area (Å²) in [6, 6.07) is 12.2. The molecule has 4 rings (SSSR count). The number of aryl methyl sites for hydroxylation is 2. The Morgan fingerprint density at radius 1 is 1.18 bits per heavy atom. The van der Waals surface area contributed by atoms with Gasteiger partial charge in [-0.3, -0.25) is 9.59 Å². The Labute approximate surface area is 166 Å². The largest absolute Gasteiger partial charge is 0.507 e. The number of hydrogen-bond acceptors (Lipinski definition) is 5. The van der Waals surface area contributed by atoms with Crippen molar-refractivity contribution in [3.63, 3.8) is 0 Å². The van der Waals surface area contributed by atoms with Crippen molar-refractivity contribution in [3.05, 3.63) is 87.0 Å². The minimum atomic E-state index is -0.677. The number of carbonyl (C=O) groups excluding carboxylic acids is 2. The number of Topliss-reactive ketones (excluding diaryl/α,β-unsaturated/α-hetero) is 1. The van der Waals surface area contributed by atoms with Crippen LogP contribution in [0.5, 0.6) is 0 Å². The summed E-state index contributed by atoms with van der Waals surface area (Å²) in [4.78, 5) is 28.0. The van der Waals surface area contributed by atoms with Gasteiger partial charge in [0.2, 0.25) is 0 Å². The Hall–Kier alpha value is -3.12. The monoisotopic (exact) mass is 393 g/mol. The van der Waals surface area contributed by atoms with Gasteiger partial charge >= 0.3 is 0 Å². The van der Waals surface area contributed by atoms with Crippen LogP contribution in [0.4, 0.5) is 0 Å². The van der Waals surface area contributed by atoms with E-state index in [0.717, 1.165) is 16.0 Å². The maximum absolute atomic E-state index is 12.9. The summed E-state index contributed by atoms with van der Waals surface area (Å²) in [6.07, 6.45) is 1.53. The fraction of sp³-hybridized carbons (Fsp3) is 0.182. The molecule has 0 aliphatic carbocycles. The van der Waals surface area contributed by atoms with Crippen LogP contribution >= 0.6 is 11.3 Å². The molecule has 1 amide bonds. The number of hydrogen-bond donors (Lipinski definition) is 1. The maximum atomic E-state index is 12.9. The number of nitrogens with zero attached hydrogens (tertiary/aromatic N) is 1. The lowest BCUT2D eigenvalue weighted by molar-refractivity contribution is -0.140. The highest BCUT2D eigenvalue weighted by Gasteiger charge is 2.46. The van der Waals surface area contributed by atoms with Crippen LogP contribution in [0.25, 0.3) is 5.76 Å². The van der Waals surface area contributed by atoms with E-state index in [9.17, 15) is 14.7 Å². The average molecular weight is 393 g/mol. The van der Waals surface area contributed by atoms with Gasteiger partial charge in [0.25, 0.3) is 11.7 Å². The van der Waals surface area contributed by atoms with Crippen LogP contribution in [0, 0.1) is 13.8 Å². The molecule has 0 bridgehead atoms. The second kappa shape index (κ2) is 7.13. The zero-order valence-electron chi connectivity index (χ0n) is 15.5. The molecule has 1 unspecified atom stereocenters. The van der Waals surface area contributed by atoms with E-state index >= 15 is 0 Å². The van der Waals surface area contributed by atoms with E-state index in [1.54, 1.807) is 12.1 Å². The van der Waals surface area contributed by atoms with Crippen molar-refractivity contribution in [3.8, 4) is 0 Å². The predicted molar refractivity (Wildman–Crippen MR) is 107 cm³/mol. The lowest BCUT2D eigenvalue weighted by Gasteiger charge is -2.23. The number of aliphatic hydroxyl groups excluding tert-OH is 1. The van der Waals surface area contributed by atoms with Gasteiger partial charge in [0.05, 0.1) is 18.4 Å². The molecule has 6 heteroatoms. The van der Waals surface area contributed by atoms with Gasteiger partial charge < -0.3 is 14.4 Å². The first-order valence-corrected chi connectivity index (χ1v) is 9.77. The third-order valence-electron chi connectivity index (χ3n) is 4.91. The number of thiophene rings is 1. The van der Waals surface area contributed by atoms with Gasteiger partial charge in [-0.15, -0.1) is 11.3 Å². The molecule has 0 saturated carbocycles. The molecule has 1 saturated heterocycles. The standard InChI is InChI=1S/C22H19NO4S/c1-13-7-8-14(2)16(11-13)20(24)18-19(17-6-4-10-28-17)23(22(26)21(18)25)12-15-5-3-9-27-15/h3-11,19,24H,12H2,1-2H3/b20-18+. The summed E-state index contributed by atoms with van der Waals surface area (Å²) in [5.41, 5.74) is 2.49. The summed E-state index contributed by atoms with van der Waals surface area (Å²) in [7, 11) is 0. The lowest BCUT2D eigenvalue weighted by atomic mass is 9.96. The number of ketones is 1. The first-order valence-electron chi connectivity index (χ1n) is 8.89. The van der Waals surface area contributed by atoms with Gasteiger partial charge in [0.1, 0.15) is 17.6 Å². The van der Waals surface area contributed by atoms with Crippen molar-refractivity contribution in [1.82, 2.24) is 4.90 Å². The van der Waals surface area contributed by atoms with Crippen LogP contribution in [0.2, 0.25) is 0 Å². The smallest absolute Gasteiger partial charge is 0.296 e. The minimum Gasteiger partial charge on any atom is -0.507 e. The molecule has 142 valence electrons. The van der Waals surface area contributed by atoms with Gasteiger partial charge in [-0.05, 0) is 49.1 Å². The van der Waals surface area contributed by atoms with Gasteiger partial charge in [-0.2, -0.15) is 0 Å². The van der Waals surface area contributed by atoms with Crippen molar-refractivity contribution in [1.29, 1.82) is 0 Å². The summed E-state index contributed by atoms with van der Waals surface area (Å²) >= 11 is 1.44. The maximum Gasteiger partial charge on any atom is 0.296 e. The van der Waals surface area contributed by atoms with E-state index in [4.69, 9.17) is 4.42 Å². The highest BCUT2D eigenvalue weighted by Crippen LogP contribution is 2.42. The van der Waals surface area contributed by atoms with Gasteiger partial charge in [0.15, 0.2) is 0 Å². The van der Waals surface area contributed by atoms with Crippen LogP contribution in [0.3, 0.4) is 0 Å². The number of benzene rings is 1. The fourth-order valence-electron chi connectivity index (χ4n) is 3.49. The van der Waals surface area contributed by atoms with Crippen LogP contribution < -0.4 is 0 Å². The van der Waals surface area contributed by atoms with E-state index in [1.807, 2.05) is 49.6 Å². The first kappa shape index (κ1) is 18.3. The molecule has 3 aromatic rings. The average Bonchev–Trinajstić information content (AvgIpc) is 3.42. The van der Waals surface area contributed by atoms with Gasteiger partial charge in [-0.1, -0.05) is 23.8 Å². The number of aliphatic hydroxyl groups is 1. The van der Waals surface area contributed by atoms with E-state index in [2.05, 4.69) is 0 Å². The third-order valence-corrected chi connectivity index (χ3v) is 5.83. The molecule has 1 N–H and O–H groups in total. The quantitative estimate of drug-likeness (QED) is 0.400. The SMILES string of the molecule is Cc1ccc(C)c(/C(O)=C2\C(=O)C(=O)N(Cc3ccco3)C2c2cccs2)c1. The normalized spacial score (nSPS) is 18.8. The molecule has 5 nitrogen and oxygen atoms in total. The van der Waals surface area contributed by atoms with Crippen LogP contribution in [0.15, 0.2) is 64.1 Å². The number of furan rings is 1. The first-order chi connectivity index (χ1) is 13.5. The molecule has 1 aromatic carbocycles. The zero-order chi connectivity index (χ0) is 19.8. The molecular weight excluding hydrogens is 374 g/mol. The van der Waals surface area contributed by atoms with E-state index in [1.165, 1.54) is 22.5 Å². The van der Waals surface area contributed by atoms with Crippen molar-refractivity contribution in [2.75, 3.05) is 0 Å². The number of rotatable bonds is 4. The van der Waals surface area contributed by atoms with E-state index in [0.29, 0.717) is 11.3 Å². The molecule has 1 aliphatic heterocycles. The molecular formula is C22H19NO4S.